The molecule has 4 rings (SSSR count). The van der Waals surface area contributed by atoms with Crippen LogP contribution in [0.2, 0.25) is 0 Å². The average Bonchev–Trinajstić information content (AvgIpc) is 3.67. The molecular formula is C35H47N5O9S2. The molecular weight excluding hydrogens is 699 g/mol. The van der Waals surface area contributed by atoms with Crippen molar-refractivity contribution in [2.24, 2.45) is 11.8 Å². The molecule has 0 saturated carbocycles. The van der Waals surface area contributed by atoms with Crippen molar-refractivity contribution in [2.45, 2.75) is 63.7 Å². The van der Waals surface area contributed by atoms with E-state index in [1.54, 1.807) is 17.5 Å². The first kappa shape index (κ1) is 39.5. The fraction of sp³-hybridized carbons (Fsp3) is 0.486. The Bertz CT molecular complexity index is 1750. The van der Waals surface area contributed by atoms with Gasteiger partial charge in [0.2, 0.25) is 21.7 Å². The molecule has 0 aliphatic carbocycles. The maximum absolute atomic E-state index is 14.1. The zero-order chi connectivity index (χ0) is 37.5. The molecule has 3 atom stereocenters. The van der Waals surface area contributed by atoms with E-state index in [0.29, 0.717) is 11.3 Å². The Morgan fingerprint density at radius 2 is 1.71 bits per heavy atom. The van der Waals surface area contributed by atoms with Crippen molar-refractivity contribution in [3.05, 3.63) is 81.2 Å². The first-order valence-corrected chi connectivity index (χ1v) is 19.0. The summed E-state index contributed by atoms with van der Waals surface area (Å²) in [6.07, 6.45) is -1.12. The maximum Gasteiger partial charge on any atom is 0.366 e. The molecule has 51 heavy (non-hydrogen) atoms. The number of nitrogens with one attached hydrogen (secondary N) is 1. The second-order valence-corrected chi connectivity index (χ2v) is 16.0. The minimum atomic E-state index is -4.04. The van der Waals surface area contributed by atoms with Crippen LogP contribution >= 0.6 is 11.3 Å². The van der Waals surface area contributed by atoms with Crippen LogP contribution in [-0.4, -0.2) is 103 Å². The number of hydrogen-bond donors (Lipinski definition) is 2. The van der Waals surface area contributed by atoms with Crippen molar-refractivity contribution >= 4 is 38.3 Å². The number of urea groups is 1. The molecule has 16 heteroatoms. The fourth-order valence-electron chi connectivity index (χ4n) is 6.17. The summed E-state index contributed by atoms with van der Waals surface area (Å²) in [5.41, 5.74) is 1.31. The third kappa shape index (κ3) is 9.55. The molecule has 1 aliphatic rings. The van der Waals surface area contributed by atoms with Crippen molar-refractivity contribution in [1.82, 2.24) is 19.4 Å². The molecule has 2 aromatic carbocycles. The maximum atomic E-state index is 14.1. The van der Waals surface area contributed by atoms with Gasteiger partial charge in [-0.2, -0.15) is 4.31 Å². The van der Waals surface area contributed by atoms with Crippen molar-refractivity contribution in [3.63, 3.8) is 0 Å². The van der Waals surface area contributed by atoms with Crippen molar-refractivity contribution in [2.75, 3.05) is 40.4 Å². The quantitative estimate of drug-likeness (QED) is 0.142. The van der Waals surface area contributed by atoms with Crippen LogP contribution in [0.4, 0.5) is 9.80 Å². The summed E-state index contributed by atoms with van der Waals surface area (Å²) in [6, 6.07) is 13.0. The first-order chi connectivity index (χ1) is 24.2. The lowest BCUT2D eigenvalue weighted by Gasteiger charge is -2.34. The molecule has 0 unspecified atom stereocenters. The van der Waals surface area contributed by atoms with Gasteiger partial charge < -0.3 is 29.7 Å². The van der Waals surface area contributed by atoms with E-state index in [1.807, 2.05) is 58.0 Å². The van der Waals surface area contributed by atoms with Crippen LogP contribution in [0, 0.1) is 22.0 Å². The zero-order valence-electron chi connectivity index (χ0n) is 29.7. The number of ether oxygens (including phenoxy) is 2. The number of carbonyl (C=O) groups excluding carboxylic acids is 2. The largest absolute Gasteiger partial charge is 0.497 e. The average molecular weight is 746 g/mol. The van der Waals surface area contributed by atoms with Crippen LogP contribution < -0.4 is 14.8 Å². The predicted molar refractivity (Wildman–Crippen MR) is 193 cm³/mol. The summed E-state index contributed by atoms with van der Waals surface area (Å²) in [7, 11) is -1.21. The van der Waals surface area contributed by atoms with E-state index in [-0.39, 0.29) is 66.6 Å². The van der Waals surface area contributed by atoms with Gasteiger partial charge in [-0.3, -0.25) is 14.9 Å². The number of thiophene rings is 1. The van der Waals surface area contributed by atoms with E-state index < -0.39 is 45.1 Å². The normalized spacial score (nSPS) is 15.4. The molecule has 14 nitrogen and oxygen atoms in total. The number of benzene rings is 2. The van der Waals surface area contributed by atoms with Gasteiger partial charge in [-0.15, -0.1) is 0 Å². The number of methoxy groups -OCH3 is 2. The van der Waals surface area contributed by atoms with Gasteiger partial charge in [0, 0.05) is 37.1 Å². The van der Waals surface area contributed by atoms with Crippen LogP contribution in [0.3, 0.4) is 0 Å². The highest BCUT2D eigenvalue weighted by atomic mass is 32.2. The molecule has 1 aliphatic heterocycles. The lowest BCUT2D eigenvalue weighted by Crippen LogP contribution is -2.57. The van der Waals surface area contributed by atoms with Gasteiger partial charge in [0.15, 0.2) is 0 Å². The van der Waals surface area contributed by atoms with Gasteiger partial charge in [0.05, 0.1) is 42.7 Å². The van der Waals surface area contributed by atoms with E-state index in [1.165, 1.54) is 40.5 Å². The zero-order valence-corrected chi connectivity index (χ0v) is 31.4. The number of nitro groups is 1. The van der Waals surface area contributed by atoms with E-state index in [2.05, 4.69) is 5.32 Å². The molecule has 1 saturated heterocycles. The van der Waals surface area contributed by atoms with Gasteiger partial charge in [0.1, 0.15) is 11.8 Å². The molecule has 3 amide bonds. The number of rotatable bonds is 18. The second kappa shape index (κ2) is 17.3. The van der Waals surface area contributed by atoms with Crippen LogP contribution in [0.25, 0.3) is 0 Å². The molecule has 278 valence electrons. The van der Waals surface area contributed by atoms with Gasteiger partial charge in [0.25, 0.3) is 0 Å². The molecule has 2 N–H and O–H groups in total. The Labute approximate surface area is 303 Å². The van der Waals surface area contributed by atoms with Crippen molar-refractivity contribution in [3.8, 4) is 11.5 Å². The summed E-state index contributed by atoms with van der Waals surface area (Å²) in [6.45, 7) is 7.82. The topological polar surface area (TPSA) is 172 Å². The minimum Gasteiger partial charge on any atom is -0.497 e. The number of carbonyl (C=O) groups is 2. The Hall–Kier alpha value is -4.25. The molecule has 1 fully saturated rings. The highest BCUT2D eigenvalue weighted by Gasteiger charge is 2.41. The highest BCUT2D eigenvalue weighted by molar-refractivity contribution is 7.89. The van der Waals surface area contributed by atoms with E-state index >= 15 is 0 Å². The molecule has 0 spiro atoms. The number of sulfonamides is 1. The SMILES string of the molecule is COc1ccc(S(=O)(=O)N(CC(C)C)C[C@H](O)[C@H](Cc2ccccc2)NC(=O)[C@H](C(C)C)N2CCN(Cc3csc([N+](=O)[O-])c3OC)C2=O)cc1. The van der Waals surface area contributed by atoms with E-state index in [0.717, 1.165) is 16.9 Å². The Balaban J connectivity index is 1.57. The molecule has 3 aromatic rings. The molecule has 2 heterocycles. The second-order valence-electron chi connectivity index (χ2n) is 13.2. The molecule has 1 aromatic heterocycles. The number of amides is 3. The minimum absolute atomic E-state index is 0.0476. The predicted octanol–water partition coefficient (Wildman–Crippen LogP) is 4.37. The standard InChI is InChI=1S/C35H47N5O9S2/c1-23(2)19-38(51(46,47)28-14-12-27(48-5)13-15-28)21-30(41)29(18-25-10-8-7-9-11-25)36-33(42)31(24(3)4)39-17-16-37(35(39)43)20-26-22-50-34(40(44)45)32(26)49-6/h7-15,22-24,29-31,41H,16-21H2,1-6H3,(H,36,42)/t29-,30-,31-/m0/s1. The van der Waals surface area contributed by atoms with Gasteiger partial charge in [-0.05, 0) is 48.1 Å². The van der Waals surface area contributed by atoms with Crippen LogP contribution in [-0.2, 0) is 27.8 Å². The number of hydrogen-bond acceptors (Lipinski definition) is 10. The van der Waals surface area contributed by atoms with E-state index in [9.17, 15) is 33.2 Å². The van der Waals surface area contributed by atoms with Crippen LogP contribution in [0.5, 0.6) is 11.5 Å². The third-order valence-electron chi connectivity index (χ3n) is 8.64. The summed E-state index contributed by atoms with van der Waals surface area (Å²) < 4.78 is 39.4. The smallest absolute Gasteiger partial charge is 0.366 e. The Morgan fingerprint density at radius 3 is 2.27 bits per heavy atom. The number of nitrogens with zero attached hydrogens (tertiary/aromatic N) is 4. The monoisotopic (exact) mass is 745 g/mol. The fourth-order valence-corrected chi connectivity index (χ4v) is 8.64. The lowest BCUT2D eigenvalue weighted by atomic mass is 9.97. The highest BCUT2D eigenvalue weighted by Crippen LogP contribution is 2.38. The van der Waals surface area contributed by atoms with Crippen LogP contribution in [0.15, 0.2) is 64.9 Å². The van der Waals surface area contributed by atoms with Crippen molar-refractivity contribution < 1.29 is 37.5 Å². The summed E-state index contributed by atoms with van der Waals surface area (Å²) in [5, 5.41) is 27.6. The summed E-state index contributed by atoms with van der Waals surface area (Å²) in [4.78, 5) is 41.8. The third-order valence-corrected chi connectivity index (χ3v) is 11.4. The molecule has 0 bridgehead atoms. The Morgan fingerprint density at radius 1 is 1.04 bits per heavy atom. The van der Waals surface area contributed by atoms with Crippen LogP contribution in [0.1, 0.15) is 38.8 Å². The summed E-state index contributed by atoms with van der Waals surface area (Å²) in [5.74, 6) is -0.273. The van der Waals surface area contributed by atoms with Crippen molar-refractivity contribution in [1.29, 1.82) is 0 Å². The first-order valence-electron chi connectivity index (χ1n) is 16.7. The Kier molecular flexibility index (Phi) is 13.4. The van der Waals surface area contributed by atoms with Gasteiger partial charge in [-0.1, -0.05) is 69.4 Å². The number of aliphatic hydroxyl groups is 1. The number of aliphatic hydroxyl groups excluding tert-OH is 1. The van der Waals surface area contributed by atoms with Gasteiger partial charge >= 0.3 is 11.0 Å². The van der Waals surface area contributed by atoms with Gasteiger partial charge in [-0.25, -0.2) is 13.2 Å². The lowest BCUT2D eigenvalue weighted by molar-refractivity contribution is -0.381. The molecule has 0 radical (unpaired) electrons. The summed E-state index contributed by atoms with van der Waals surface area (Å²) >= 11 is 0.919. The van der Waals surface area contributed by atoms with E-state index in [4.69, 9.17) is 9.47 Å².